The molecule has 0 heterocycles. The second-order valence-electron chi connectivity index (χ2n) is 2.25. The maximum atomic E-state index is 10.2. The summed E-state index contributed by atoms with van der Waals surface area (Å²) in [5, 5.41) is 8.97. The standard InChI is InChI=1S/C6H12O4S.Na.H/c1-2-3-6(7)4-5-11(8,9)10;;/h2,6-7H,1,3-5H2,(H,8,9,10);;/q;+1;-1. The maximum absolute atomic E-state index is 10.2. The first-order chi connectivity index (χ1) is 4.95. The monoisotopic (exact) mass is 204 g/mol. The molecule has 2 N–H and O–H groups in total. The number of rotatable bonds is 5. The van der Waals surface area contributed by atoms with Gasteiger partial charge in [-0.1, -0.05) is 6.08 Å². The van der Waals surface area contributed by atoms with Crippen LogP contribution in [-0.2, 0) is 10.1 Å². The Labute approximate surface area is 96.2 Å². The van der Waals surface area contributed by atoms with E-state index in [0.29, 0.717) is 6.42 Å². The van der Waals surface area contributed by atoms with Gasteiger partial charge in [-0.3, -0.25) is 4.55 Å². The number of aliphatic hydroxyl groups excluding tert-OH is 1. The summed E-state index contributed by atoms with van der Waals surface area (Å²) in [5.41, 5.74) is 0. The molecule has 0 aromatic rings. The van der Waals surface area contributed by atoms with Crippen LogP contribution in [0, 0.1) is 0 Å². The van der Waals surface area contributed by atoms with Crippen LogP contribution in [0.3, 0.4) is 0 Å². The first-order valence-corrected chi connectivity index (χ1v) is 4.80. The number of hydrogen-bond donors (Lipinski definition) is 2. The van der Waals surface area contributed by atoms with Crippen molar-refractivity contribution in [3.8, 4) is 0 Å². The molecule has 6 heteroatoms. The van der Waals surface area contributed by atoms with Crippen LogP contribution >= 0.6 is 0 Å². The molecule has 68 valence electrons. The second-order valence-corrected chi connectivity index (χ2v) is 3.82. The summed E-state index contributed by atoms with van der Waals surface area (Å²) in [7, 11) is -3.93. The van der Waals surface area contributed by atoms with Crippen LogP contribution in [0.2, 0.25) is 0 Å². The summed E-state index contributed by atoms with van der Waals surface area (Å²) in [6, 6.07) is 0. The zero-order valence-electron chi connectivity index (χ0n) is 8.10. The van der Waals surface area contributed by atoms with Gasteiger partial charge in [0.15, 0.2) is 0 Å². The van der Waals surface area contributed by atoms with Gasteiger partial charge in [-0.05, 0) is 12.8 Å². The Hall–Kier alpha value is 0.610. The normalized spacial score (nSPS) is 13.2. The molecular formula is C6H13NaO4S. The fraction of sp³-hybridized carbons (Fsp3) is 0.667. The summed E-state index contributed by atoms with van der Waals surface area (Å²) in [6.45, 7) is 3.37. The molecule has 0 radical (unpaired) electrons. The minimum atomic E-state index is -3.93. The van der Waals surface area contributed by atoms with Crippen LogP contribution in [0.4, 0.5) is 0 Å². The van der Waals surface area contributed by atoms with Gasteiger partial charge in [0, 0.05) is 0 Å². The van der Waals surface area contributed by atoms with Gasteiger partial charge in [-0.2, -0.15) is 8.42 Å². The Morgan fingerprint density at radius 3 is 2.42 bits per heavy atom. The van der Waals surface area contributed by atoms with Crippen LogP contribution < -0.4 is 29.6 Å². The zero-order valence-corrected chi connectivity index (χ0v) is 9.92. The van der Waals surface area contributed by atoms with Gasteiger partial charge in [0.1, 0.15) is 0 Å². The molecule has 0 aliphatic carbocycles. The van der Waals surface area contributed by atoms with Gasteiger partial charge in [-0.15, -0.1) is 6.58 Å². The average Bonchev–Trinajstić information content (AvgIpc) is 1.83. The Morgan fingerprint density at radius 1 is 1.58 bits per heavy atom. The molecule has 0 aliphatic heterocycles. The summed E-state index contributed by atoms with van der Waals surface area (Å²) < 4.78 is 28.6. The van der Waals surface area contributed by atoms with Crippen molar-refractivity contribution in [2.75, 3.05) is 5.75 Å². The van der Waals surface area contributed by atoms with E-state index in [0.717, 1.165) is 0 Å². The molecule has 12 heavy (non-hydrogen) atoms. The topological polar surface area (TPSA) is 74.6 Å². The molecular weight excluding hydrogens is 191 g/mol. The largest absolute Gasteiger partial charge is 1.00 e. The molecule has 0 spiro atoms. The van der Waals surface area contributed by atoms with Crippen molar-refractivity contribution in [2.45, 2.75) is 18.9 Å². The van der Waals surface area contributed by atoms with E-state index in [9.17, 15) is 8.42 Å². The first kappa shape index (κ1) is 15.1. The fourth-order valence-electron chi connectivity index (χ4n) is 0.595. The van der Waals surface area contributed by atoms with Gasteiger partial charge >= 0.3 is 29.6 Å². The third-order valence-corrected chi connectivity index (χ3v) is 1.90. The van der Waals surface area contributed by atoms with Crippen molar-refractivity contribution >= 4 is 10.1 Å². The summed E-state index contributed by atoms with van der Waals surface area (Å²) in [4.78, 5) is 0. The molecule has 0 aromatic carbocycles. The van der Waals surface area contributed by atoms with Crippen molar-refractivity contribution in [1.29, 1.82) is 0 Å². The number of hydrogen-bond acceptors (Lipinski definition) is 3. The third-order valence-electron chi connectivity index (χ3n) is 1.15. The van der Waals surface area contributed by atoms with Crippen molar-refractivity contribution in [1.82, 2.24) is 0 Å². The molecule has 1 unspecified atom stereocenters. The van der Waals surface area contributed by atoms with E-state index < -0.39 is 22.0 Å². The van der Waals surface area contributed by atoms with Crippen molar-refractivity contribution in [3.63, 3.8) is 0 Å². The molecule has 1 atom stereocenters. The van der Waals surface area contributed by atoms with Crippen LogP contribution in [0.15, 0.2) is 12.7 Å². The van der Waals surface area contributed by atoms with E-state index in [1.807, 2.05) is 0 Å². The Morgan fingerprint density at radius 2 is 2.08 bits per heavy atom. The minimum absolute atomic E-state index is 0. The first-order valence-electron chi connectivity index (χ1n) is 3.20. The second kappa shape index (κ2) is 7.06. The van der Waals surface area contributed by atoms with E-state index in [1.165, 1.54) is 6.08 Å². The molecule has 0 aromatic heterocycles. The molecule has 0 saturated carbocycles. The summed E-state index contributed by atoms with van der Waals surface area (Å²) >= 11 is 0. The molecule has 4 nitrogen and oxygen atoms in total. The van der Waals surface area contributed by atoms with Crippen LogP contribution in [0.25, 0.3) is 0 Å². The SMILES string of the molecule is C=CCC(O)CCS(=O)(=O)O.[H-].[Na+]. The van der Waals surface area contributed by atoms with Crippen LogP contribution in [0.5, 0.6) is 0 Å². The summed E-state index contributed by atoms with van der Waals surface area (Å²) in [6.07, 6.45) is 1.16. The average molecular weight is 204 g/mol. The maximum Gasteiger partial charge on any atom is 1.00 e. The van der Waals surface area contributed by atoms with Crippen LogP contribution in [-0.4, -0.2) is 29.9 Å². The molecule has 0 aliphatic rings. The van der Waals surface area contributed by atoms with E-state index >= 15 is 0 Å². The van der Waals surface area contributed by atoms with Crippen molar-refractivity contribution in [3.05, 3.63) is 12.7 Å². The van der Waals surface area contributed by atoms with Gasteiger partial charge in [-0.25, -0.2) is 0 Å². The van der Waals surface area contributed by atoms with Crippen LogP contribution in [0.1, 0.15) is 14.3 Å². The van der Waals surface area contributed by atoms with E-state index in [4.69, 9.17) is 9.66 Å². The third kappa shape index (κ3) is 10.6. The minimum Gasteiger partial charge on any atom is -1.00 e. The molecule has 0 amide bonds. The smallest absolute Gasteiger partial charge is 1.00 e. The van der Waals surface area contributed by atoms with Gasteiger partial charge in [0.2, 0.25) is 0 Å². The Balaban J connectivity index is -0.000000500. The Kier molecular flexibility index (Phi) is 8.88. The van der Waals surface area contributed by atoms with Gasteiger partial charge in [0.25, 0.3) is 10.1 Å². The van der Waals surface area contributed by atoms with Crippen molar-refractivity contribution < 1.29 is 49.1 Å². The molecule has 0 fully saturated rings. The molecule has 0 saturated heterocycles. The quantitative estimate of drug-likeness (QED) is 0.291. The van der Waals surface area contributed by atoms with E-state index in [2.05, 4.69) is 6.58 Å². The predicted octanol–water partition coefficient (Wildman–Crippen LogP) is -2.68. The Bertz CT molecular complexity index is 217. The molecule has 0 bridgehead atoms. The summed E-state index contributed by atoms with van der Waals surface area (Å²) in [5.74, 6) is -0.401. The fourth-order valence-corrected chi connectivity index (χ4v) is 1.17. The van der Waals surface area contributed by atoms with E-state index in [-0.39, 0.29) is 37.4 Å². The number of aliphatic hydroxyl groups is 1. The van der Waals surface area contributed by atoms with Gasteiger partial charge in [0.05, 0.1) is 11.9 Å². The molecule has 0 rings (SSSR count). The van der Waals surface area contributed by atoms with E-state index in [1.54, 1.807) is 0 Å². The van der Waals surface area contributed by atoms with Gasteiger partial charge < -0.3 is 6.53 Å². The zero-order chi connectivity index (χ0) is 8.91. The van der Waals surface area contributed by atoms with Crippen molar-refractivity contribution in [2.24, 2.45) is 0 Å². The predicted molar refractivity (Wildman–Crippen MR) is 43.0 cm³/mol.